The summed E-state index contributed by atoms with van der Waals surface area (Å²) in [4.78, 5) is 12.8. The summed E-state index contributed by atoms with van der Waals surface area (Å²) >= 11 is 0. The van der Waals surface area contributed by atoms with E-state index in [0.717, 1.165) is 11.3 Å². The van der Waals surface area contributed by atoms with Gasteiger partial charge in [-0.15, -0.1) is 0 Å². The van der Waals surface area contributed by atoms with Crippen molar-refractivity contribution in [1.82, 2.24) is 9.78 Å². The van der Waals surface area contributed by atoms with Crippen molar-refractivity contribution < 1.29 is 18.7 Å². The number of hydrogen-bond donors (Lipinski definition) is 1. The number of nitrogens with zero attached hydrogens (tertiary/aromatic N) is 2. The molecule has 28 heavy (non-hydrogen) atoms. The van der Waals surface area contributed by atoms with Crippen molar-refractivity contribution >= 4 is 11.6 Å². The Kier molecular flexibility index (Phi) is 5.63. The van der Waals surface area contributed by atoms with E-state index in [-0.39, 0.29) is 11.7 Å². The van der Waals surface area contributed by atoms with E-state index in [2.05, 4.69) is 10.4 Å². The highest BCUT2D eigenvalue weighted by atomic mass is 19.1. The molecule has 0 aliphatic heterocycles. The molecule has 0 saturated carbocycles. The predicted molar refractivity (Wildman–Crippen MR) is 105 cm³/mol. The van der Waals surface area contributed by atoms with Crippen LogP contribution in [0.1, 0.15) is 27.3 Å². The van der Waals surface area contributed by atoms with Crippen LogP contribution >= 0.6 is 0 Å². The number of carbonyl (C=O) groups is 1. The third-order valence-corrected chi connectivity index (χ3v) is 4.49. The van der Waals surface area contributed by atoms with E-state index < -0.39 is 0 Å². The van der Waals surface area contributed by atoms with Gasteiger partial charge in [0, 0.05) is 6.07 Å². The molecule has 0 spiro atoms. The molecule has 6 nitrogen and oxygen atoms in total. The van der Waals surface area contributed by atoms with Crippen molar-refractivity contribution in [3.63, 3.8) is 0 Å². The minimum absolute atomic E-state index is 0.292. The third-order valence-electron chi connectivity index (χ3n) is 4.49. The fourth-order valence-electron chi connectivity index (χ4n) is 3.01. The lowest BCUT2D eigenvalue weighted by Crippen LogP contribution is -2.14. The molecule has 0 aliphatic carbocycles. The van der Waals surface area contributed by atoms with Gasteiger partial charge in [0.15, 0.2) is 0 Å². The second-order valence-corrected chi connectivity index (χ2v) is 6.35. The molecule has 0 bridgehead atoms. The summed E-state index contributed by atoms with van der Waals surface area (Å²) in [6.07, 6.45) is 0. The van der Waals surface area contributed by atoms with Gasteiger partial charge in [-0.1, -0.05) is 12.1 Å². The highest BCUT2D eigenvalue weighted by Crippen LogP contribution is 2.27. The molecule has 3 aromatic rings. The molecular weight excluding hydrogens is 361 g/mol. The Morgan fingerprint density at radius 1 is 1.14 bits per heavy atom. The van der Waals surface area contributed by atoms with E-state index >= 15 is 0 Å². The van der Waals surface area contributed by atoms with Gasteiger partial charge in [-0.2, -0.15) is 5.10 Å². The second kappa shape index (κ2) is 8.12. The number of methoxy groups -OCH3 is 2. The van der Waals surface area contributed by atoms with Crippen LogP contribution in [0.2, 0.25) is 0 Å². The van der Waals surface area contributed by atoms with Gasteiger partial charge in [0.25, 0.3) is 5.91 Å². The number of rotatable bonds is 6. The first-order valence-corrected chi connectivity index (χ1v) is 8.74. The van der Waals surface area contributed by atoms with Crippen LogP contribution in [0, 0.1) is 19.7 Å². The number of carbonyl (C=O) groups excluding carboxylic acids is 1. The number of aromatic nitrogens is 2. The average molecular weight is 383 g/mol. The zero-order chi connectivity index (χ0) is 20.3. The Labute approximate surface area is 162 Å². The van der Waals surface area contributed by atoms with Crippen LogP contribution in [0.4, 0.5) is 10.1 Å². The normalized spacial score (nSPS) is 10.6. The Hall–Kier alpha value is -3.35. The lowest BCUT2D eigenvalue weighted by Gasteiger charge is -2.11. The van der Waals surface area contributed by atoms with Crippen molar-refractivity contribution in [3.05, 3.63) is 70.8 Å². The van der Waals surface area contributed by atoms with Crippen LogP contribution in [0.25, 0.3) is 0 Å². The first kappa shape index (κ1) is 19.4. The molecular formula is C21H22FN3O3. The molecule has 7 heteroatoms. The largest absolute Gasteiger partial charge is 0.497 e. The van der Waals surface area contributed by atoms with Gasteiger partial charge in [0.1, 0.15) is 17.3 Å². The van der Waals surface area contributed by atoms with E-state index in [9.17, 15) is 9.18 Å². The molecule has 1 aromatic heterocycles. The summed E-state index contributed by atoms with van der Waals surface area (Å²) in [7, 11) is 3.05. The number of aryl methyl sites for hydroxylation is 1. The number of anilines is 1. The number of amides is 1. The van der Waals surface area contributed by atoms with Crippen molar-refractivity contribution in [1.29, 1.82) is 0 Å². The number of hydrogen-bond acceptors (Lipinski definition) is 4. The van der Waals surface area contributed by atoms with Gasteiger partial charge >= 0.3 is 0 Å². The molecule has 1 amide bonds. The Morgan fingerprint density at radius 3 is 2.61 bits per heavy atom. The molecule has 2 aromatic carbocycles. The van der Waals surface area contributed by atoms with Crippen molar-refractivity contribution in [2.24, 2.45) is 0 Å². The van der Waals surface area contributed by atoms with Crippen LogP contribution in [0.3, 0.4) is 0 Å². The smallest absolute Gasteiger partial charge is 0.259 e. The lowest BCUT2D eigenvalue weighted by molar-refractivity contribution is 0.102. The maximum Gasteiger partial charge on any atom is 0.259 e. The fraction of sp³-hybridized carbons (Fsp3) is 0.238. The molecule has 146 valence electrons. The molecule has 0 aliphatic rings. The van der Waals surface area contributed by atoms with Crippen LogP contribution < -0.4 is 14.8 Å². The summed E-state index contributed by atoms with van der Waals surface area (Å²) in [6.45, 7) is 4.09. The van der Waals surface area contributed by atoms with E-state index in [0.29, 0.717) is 35.0 Å². The van der Waals surface area contributed by atoms with Gasteiger partial charge in [0.05, 0.1) is 43.4 Å². The molecule has 0 fully saturated rings. The van der Waals surface area contributed by atoms with Gasteiger partial charge < -0.3 is 14.8 Å². The highest BCUT2D eigenvalue weighted by Gasteiger charge is 2.18. The average Bonchev–Trinajstić information content (AvgIpc) is 2.94. The molecule has 0 atom stereocenters. The molecule has 3 rings (SSSR count). The third kappa shape index (κ3) is 3.98. The molecule has 0 saturated heterocycles. The Bertz CT molecular complexity index is 1010. The quantitative estimate of drug-likeness (QED) is 0.700. The van der Waals surface area contributed by atoms with Gasteiger partial charge in [-0.05, 0) is 43.7 Å². The SMILES string of the molecule is COc1ccc(C(=O)Nc2c(C)nn(Cc3cccc(F)c3)c2C)c(OC)c1. The first-order chi connectivity index (χ1) is 13.4. The number of ether oxygens (including phenoxy) is 2. The number of nitrogens with one attached hydrogen (secondary N) is 1. The molecule has 0 radical (unpaired) electrons. The summed E-state index contributed by atoms with van der Waals surface area (Å²) in [5, 5.41) is 7.39. The van der Waals surface area contributed by atoms with Gasteiger partial charge in [0.2, 0.25) is 0 Å². The zero-order valence-electron chi connectivity index (χ0n) is 16.2. The zero-order valence-corrected chi connectivity index (χ0v) is 16.2. The standard InChI is InChI=1S/C21H22FN3O3/c1-13-20(14(2)25(24-13)12-15-6-5-7-16(22)10-15)23-21(26)18-9-8-17(27-3)11-19(18)28-4/h5-11H,12H2,1-4H3,(H,23,26). The topological polar surface area (TPSA) is 65.4 Å². The number of halogens is 1. The number of benzene rings is 2. The van der Waals surface area contributed by atoms with Crippen molar-refractivity contribution in [2.75, 3.05) is 19.5 Å². The maximum absolute atomic E-state index is 13.4. The maximum atomic E-state index is 13.4. The van der Waals surface area contributed by atoms with E-state index in [1.54, 1.807) is 36.1 Å². The Morgan fingerprint density at radius 2 is 1.93 bits per heavy atom. The van der Waals surface area contributed by atoms with Crippen LogP contribution in [-0.2, 0) is 6.54 Å². The summed E-state index contributed by atoms with van der Waals surface area (Å²) in [5.41, 5.74) is 3.26. The summed E-state index contributed by atoms with van der Waals surface area (Å²) in [5.74, 6) is 0.415. The monoisotopic (exact) mass is 383 g/mol. The highest BCUT2D eigenvalue weighted by molar-refractivity contribution is 6.06. The van der Waals surface area contributed by atoms with Gasteiger partial charge in [-0.25, -0.2) is 4.39 Å². The van der Waals surface area contributed by atoms with Crippen LogP contribution in [-0.4, -0.2) is 29.9 Å². The minimum atomic E-state index is -0.309. The lowest BCUT2D eigenvalue weighted by atomic mass is 10.1. The second-order valence-electron chi connectivity index (χ2n) is 6.35. The fourth-order valence-corrected chi connectivity index (χ4v) is 3.01. The van der Waals surface area contributed by atoms with E-state index in [1.807, 2.05) is 19.9 Å². The molecule has 1 N–H and O–H groups in total. The summed E-state index contributed by atoms with van der Waals surface area (Å²) in [6, 6.07) is 11.4. The Balaban J connectivity index is 1.85. The van der Waals surface area contributed by atoms with Crippen LogP contribution in [0.5, 0.6) is 11.5 Å². The van der Waals surface area contributed by atoms with Crippen molar-refractivity contribution in [3.8, 4) is 11.5 Å². The van der Waals surface area contributed by atoms with Crippen molar-refractivity contribution in [2.45, 2.75) is 20.4 Å². The van der Waals surface area contributed by atoms with E-state index in [1.165, 1.54) is 19.2 Å². The van der Waals surface area contributed by atoms with Gasteiger partial charge in [-0.3, -0.25) is 9.48 Å². The molecule has 0 unspecified atom stereocenters. The summed E-state index contributed by atoms with van der Waals surface area (Å²) < 4.78 is 25.6. The minimum Gasteiger partial charge on any atom is -0.497 e. The first-order valence-electron chi connectivity index (χ1n) is 8.74. The predicted octanol–water partition coefficient (Wildman–Crippen LogP) is 3.96. The van der Waals surface area contributed by atoms with Crippen LogP contribution in [0.15, 0.2) is 42.5 Å². The molecule has 1 heterocycles. The van der Waals surface area contributed by atoms with E-state index in [4.69, 9.17) is 9.47 Å².